The second-order valence-corrected chi connectivity index (χ2v) is 9.41. The molecule has 0 amide bonds. The van der Waals surface area contributed by atoms with Crippen molar-refractivity contribution >= 4 is 21.9 Å². The summed E-state index contributed by atoms with van der Waals surface area (Å²) in [5, 5.41) is 21.9. The molecule has 0 spiro atoms. The van der Waals surface area contributed by atoms with Crippen LogP contribution < -0.4 is 14.9 Å². The molecule has 3 rings (SSSR count). The zero-order valence-corrected chi connectivity index (χ0v) is 21.6. The number of ether oxygens (including phenoxy) is 2. The number of phenols is 2. The van der Waals surface area contributed by atoms with Gasteiger partial charge in [0, 0.05) is 29.8 Å². The Balaban J connectivity index is 2.36. The van der Waals surface area contributed by atoms with Gasteiger partial charge in [-0.3, -0.25) is 4.79 Å². The number of nitrogens with zero attached hydrogens (tertiary/aromatic N) is 1. The third-order valence-electron chi connectivity index (χ3n) is 5.76. The van der Waals surface area contributed by atoms with Crippen LogP contribution in [0.1, 0.15) is 38.8 Å². The highest BCUT2D eigenvalue weighted by molar-refractivity contribution is 5.97. The summed E-state index contributed by atoms with van der Waals surface area (Å²) >= 11 is 0. The first-order chi connectivity index (χ1) is 16.5. The van der Waals surface area contributed by atoms with Gasteiger partial charge < -0.3 is 29.0 Å². The van der Waals surface area contributed by atoms with Crippen molar-refractivity contribution in [1.82, 2.24) is 4.90 Å². The average molecular weight is 482 g/mol. The number of fused-ring (bicyclic) bond motifs is 2. The normalized spacial score (nSPS) is 11.2. The maximum atomic E-state index is 13.8. The van der Waals surface area contributed by atoms with Gasteiger partial charge in [0.15, 0.2) is 11.5 Å². The monoisotopic (exact) mass is 481 g/mol. The first kappa shape index (κ1) is 26.2. The number of hydrogen-bond acceptors (Lipinski definition) is 7. The molecule has 7 nitrogen and oxygen atoms in total. The van der Waals surface area contributed by atoms with Crippen LogP contribution in [0.2, 0.25) is 0 Å². The van der Waals surface area contributed by atoms with Gasteiger partial charge in [-0.1, -0.05) is 23.3 Å². The summed E-state index contributed by atoms with van der Waals surface area (Å²) in [5.74, 6) is 0.529. The van der Waals surface area contributed by atoms with E-state index in [0.717, 1.165) is 11.1 Å². The van der Waals surface area contributed by atoms with E-state index in [-0.39, 0.29) is 33.5 Å². The summed E-state index contributed by atoms with van der Waals surface area (Å²) in [7, 11) is 5.45. The van der Waals surface area contributed by atoms with Crippen LogP contribution in [0.25, 0.3) is 21.9 Å². The minimum absolute atomic E-state index is 0.0363. The highest BCUT2D eigenvalue weighted by Crippen LogP contribution is 2.41. The van der Waals surface area contributed by atoms with Crippen molar-refractivity contribution in [1.29, 1.82) is 0 Å². The molecule has 35 heavy (non-hydrogen) atoms. The highest BCUT2D eigenvalue weighted by atomic mass is 16.5. The van der Waals surface area contributed by atoms with Crippen molar-refractivity contribution in [2.24, 2.45) is 0 Å². The van der Waals surface area contributed by atoms with Crippen molar-refractivity contribution in [2.75, 3.05) is 34.4 Å². The summed E-state index contributed by atoms with van der Waals surface area (Å²) in [4.78, 5) is 15.8. The third-order valence-corrected chi connectivity index (χ3v) is 5.76. The Morgan fingerprint density at radius 3 is 2.14 bits per heavy atom. The quantitative estimate of drug-likeness (QED) is 0.315. The Labute approximate surface area is 205 Å². The van der Waals surface area contributed by atoms with Gasteiger partial charge >= 0.3 is 0 Å². The molecule has 0 aliphatic rings. The van der Waals surface area contributed by atoms with E-state index in [9.17, 15) is 15.0 Å². The lowest BCUT2D eigenvalue weighted by Crippen LogP contribution is -2.19. The topological polar surface area (TPSA) is 92.4 Å². The standard InChI is InChI=1S/C28H35NO6/c1-16(2)8-10-18-20(30)14-21-25(26(18)31)27(32)24-19(11-9-17(3)4)28(33-7)23(15-22(24)35-21)34-13-12-29(5)6/h8-9,14-15,30-31H,10-13H2,1-7H3. The lowest BCUT2D eigenvalue weighted by molar-refractivity contribution is 0.250. The van der Waals surface area contributed by atoms with E-state index in [4.69, 9.17) is 13.9 Å². The van der Waals surface area contributed by atoms with Crippen LogP contribution in [-0.4, -0.2) is 49.5 Å². The van der Waals surface area contributed by atoms with Crippen LogP contribution >= 0.6 is 0 Å². The Hall–Kier alpha value is -3.45. The predicted molar refractivity (Wildman–Crippen MR) is 140 cm³/mol. The van der Waals surface area contributed by atoms with E-state index < -0.39 is 0 Å². The van der Waals surface area contributed by atoms with Crippen molar-refractivity contribution in [2.45, 2.75) is 40.5 Å². The largest absolute Gasteiger partial charge is 0.507 e. The Bertz CT molecular complexity index is 1360. The summed E-state index contributed by atoms with van der Waals surface area (Å²) in [6.07, 6.45) is 4.60. The molecule has 0 atom stereocenters. The van der Waals surface area contributed by atoms with E-state index in [0.29, 0.717) is 54.0 Å². The van der Waals surface area contributed by atoms with Gasteiger partial charge in [-0.2, -0.15) is 0 Å². The molecular weight excluding hydrogens is 446 g/mol. The molecule has 0 radical (unpaired) electrons. The first-order valence-corrected chi connectivity index (χ1v) is 11.6. The number of allylic oxidation sites excluding steroid dienone is 4. The van der Waals surface area contributed by atoms with Gasteiger partial charge in [0.05, 0.1) is 12.5 Å². The van der Waals surface area contributed by atoms with E-state index in [1.165, 1.54) is 6.07 Å². The molecule has 0 unspecified atom stereocenters. The second-order valence-electron chi connectivity index (χ2n) is 9.41. The summed E-state index contributed by atoms with van der Waals surface area (Å²) in [5.41, 5.74) is 3.05. The molecule has 1 heterocycles. The molecule has 0 saturated carbocycles. The van der Waals surface area contributed by atoms with Gasteiger partial charge in [-0.25, -0.2) is 0 Å². The minimum atomic E-state index is -0.382. The smallest absolute Gasteiger partial charge is 0.204 e. The van der Waals surface area contributed by atoms with Crippen molar-refractivity contribution < 1.29 is 24.1 Å². The lowest BCUT2D eigenvalue weighted by atomic mass is 9.98. The van der Waals surface area contributed by atoms with Gasteiger partial charge in [0.1, 0.15) is 34.7 Å². The number of rotatable bonds is 9. The van der Waals surface area contributed by atoms with Gasteiger partial charge in [0.2, 0.25) is 5.43 Å². The van der Waals surface area contributed by atoms with Crippen molar-refractivity contribution in [3.63, 3.8) is 0 Å². The molecule has 0 fully saturated rings. The Morgan fingerprint density at radius 2 is 1.57 bits per heavy atom. The molecule has 188 valence electrons. The van der Waals surface area contributed by atoms with E-state index in [1.807, 2.05) is 58.8 Å². The highest BCUT2D eigenvalue weighted by Gasteiger charge is 2.23. The van der Waals surface area contributed by atoms with Crippen molar-refractivity contribution in [3.05, 3.63) is 56.8 Å². The first-order valence-electron chi connectivity index (χ1n) is 11.6. The lowest BCUT2D eigenvalue weighted by Gasteiger charge is -2.18. The summed E-state index contributed by atoms with van der Waals surface area (Å²) in [6, 6.07) is 3.03. The Morgan fingerprint density at radius 1 is 0.971 bits per heavy atom. The van der Waals surface area contributed by atoms with Crippen LogP contribution in [0.15, 0.2) is 44.6 Å². The molecule has 3 aromatic rings. The molecule has 7 heteroatoms. The molecule has 0 aliphatic carbocycles. The number of aromatic hydroxyl groups is 2. The Kier molecular flexibility index (Phi) is 8.12. The number of phenolic OH excluding ortho intramolecular Hbond substituents is 2. The third kappa shape index (κ3) is 5.62. The molecule has 2 N–H and O–H groups in total. The molecule has 0 saturated heterocycles. The SMILES string of the molecule is COc1c(OCCN(C)C)cc2oc3cc(O)c(CC=C(C)C)c(O)c3c(=O)c2c1CC=C(C)C. The number of hydrogen-bond donors (Lipinski definition) is 2. The molecule has 2 aromatic carbocycles. The molecule has 1 aromatic heterocycles. The molecule has 0 bridgehead atoms. The van der Waals surface area contributed by atoms with Crippen LogP contribution in [0.5, 0.6) is 23.0 Å². The zero-order chi connectivity index (χ0) is 25.9. The van der Waals surface area contributed by atoms with Crippen molar-refractivity contribution in [3.8, 4) is 23.0 Å². The van der Waals surface area contributed by atoms with E-state index >= 15 is 0 Å². The van der Waals surface area contributed by atoms with Gasteiger partial charge in [-0.15, -0.1) is 0 Å². The number of benzene rings is 2. The summed E-state index contributed by atoms with van der Waals surface area (Å²) in [6.45, 7) is 8.93. The maximum absolute atomic E-state index is 13.8. The van der Waals surface area contributed by atoms with Crippen LogP contribution in [0.3, 0.4) is 0 Å². The van der Waals surface area contributed by atoms with Gasteiger partial charge in [0.25, 0.3) is 0 Å². The van der Waals surface area contributed by atoms with E-state index in [1.54, 1.807) is 13.2 Å². The van der Waals surface area contributed by atoms with Gasteiger partial charge in [-0.05, 0) is 54.6 Å². The number of likely N-dealkylation sites (N-methyl/N-ethyl adjacent to an activating group) is 1. The average Bonchev–Trinajstić information content (AvgIpc) is 2.76. The summed E-state index contributed by atoms with van der Waals surface area (Å²) < 4.78 is 17.8. The zero-order valence-electron chi connectivity index (χ0n) is 21.6. The van der Waals surface area contributed by atoms with E-state index in [2.05, 4.69) is 0 Å². The molecule has 0 aliphatic heterocycles. The second kappa shape index (κ2) is 10.9. The number of methoxy groups -OCH3 is 1. The predicted octanol–water partition coefficient (Wildman–Crippen LogP) is 5.32. The maximum Gasteiger partial charge on any atom is 0.204 e. The fourth-order valence-corrected chi connectivity index (χ4v) is 3.89. The minimum Gasteiger partial charge on any atom is -0.507 e. The van der Waals surface area contributed by atoms with Crippen LogP contribution in [0.4, 0.5) is 0 Å². The fourth-order valence-electron chi connectivity index (χ4n) is 3.89. The van der Waals surface area contributed by atoms with Crippen LogP contribution in [-0.2, 0) is 12.8 Å². The molecular formula is C28H35NO6. The van der Waals surface area contributed by atoms with Crippen LogP contribution in [0, 0.1) is 0 Å². The fraction of sp³-hybridized carbons (Fsp3) is 0.393.